The Bertz CT molecular complexity index is 445. The highest BCUT2D eigenvalue weighted by molar-refractivity contribution is 6.30. The quantitative estimate of drug-likeness (QED) is 0.849. The lowest BCUT2D eigenvalue weighted by Gasteiger charge is -2.04. The second-order valence-corrected chi connectivity index (χ2v) is 4.17. The van der Waals surface area contributed by atoms with Gasteiger partial charge in [0, 0.05) is 11.6 Å². The van der Waals surface area contributed by atoms with Gasteiger partial charge < -0.3 is 5.32 Å². The molecule has 2 aromatic rings. The van der Waals surface area contributed by atoms with E-state index < -0.39 is 0 Å². The molecule has 2 heteroatoms. The molecule has 0 aliphatic heterocycles. The van der Waals surface area contributed by atoms with E-state index in [1.807, 2.05) is 31.3 Å². The van der Waals surface area contributed by atoms with Crippen molar-refractivity contribution < 1.29 is 0 Å². The van der Waals surface area contributed by atoms with Gasteiger partial charge in [-0.25, -0.2) is 0 Å². The van der Waals surface area contributed by atoms with E-state index in [2.05, 4.69) is 29.6 Å². The first kappa shape index (κ1) is 11.2. The largest absolute Gasteiger partial charge is 0.316 e. The average Bonchev–Trinajstić information content (AvgIpc) is 2.32. The van der Waals surface area contributed by atoms with E-state index in [0.717, 1.165) is 11.6 Å². The molecule has 16 heavy (non-hydrogen) atoms. The molecule has 1 N–H and O–H groups in total. The molecule has 0 radical (unpaired) electrons. The maximum Gasteiger partial charge on any atom is 0.0406 e. The predicted octanol–water partition coefficient (Wildman–Crippen LogP) is 3.73. The Labute approximate surface area is 101 Å². The number of hydrogen-bond acceptors (Lipinski definition) is 1. The fourth-order valence-corrected chi connectivity index (χ4v) is 1.79. The highest BCUT2D eigenvalue weighted by Gasteiger charge is 1.97. The van der Waals surface area contributed by atoms with Gasteiger partial charge in [-0.3, -0.25) is 0 Å². The van der Waals surface area contributed by atoms with E-state index in [1.54, 1.807) is 0 Å². The minimum atomic E-state index is 0.774. The second kappa shape index (κ2) is 5.15. The zero-order valence-electron chi connectivity index (χ0n) is 9.20. The topological polar surface area (TPSA) is 12.0 Å². The van der Waals surface area contributed by atoms with E-state index in [4.69, 9.17) is 11.6 Å². The maximum absolute atomic E-state index is 5.86. The Morgan fingerprint density at radius 3 is 1.88 bits per heavy atom. The van der Waals surface area contributed by atoms with Gasteiger partial charge in [0.2, 0.25) is 0 Å². The van der Waals surface area contributed by atoms with Crippen LogP contribution in [-0.4, -0.2) is 7.05 Å². The monoisotopic (exact) mass is 231 g/mol. The molecule has 2 rings (SSSR count). The summed E-state index contributed by atoms with van der Waals surface area (Å²) < 4.78 is 0. The summed E-state index contributed by atoms with van der Waals surface area (Å²) in [7, 11) is 1.95. The molecule has 0 bridgehead atoms. The van der Waals surface area contributed by atoms with Crippen LogP contribution in [0.5, 0.6) is 0 Å². The molecule has 0 saturated heterocycles. The third kappa shape index (κ3) is 2.63. The Morgan fingerprint density at radius 1 is 0.875 bits per heavy atom. The van der Waals surface area contributed by atoms with E-state index >= 15 is 0 Å². The van der Waals surface area contributed by atoms with Gasteiger partial charge in [0.15, 0.2) is 0 Å². The first-order valence-corrected chi connectivity index (χ1v) is 5.67. The SMILES string of the molecule is CNCc1ccc(-c2ccc(Cl)cc2)cc1. The van der Waals surface area contributed by atoms with Crippen molar-refractivity contribution in [2.75, 3.05) is 7.05 Å². The predicted molar refractivity (Wildman–Crippen MR) is 69.7 cm³/mol. The lowest BCUT2D eigenvalue weighted by Crippen LogP contribution is -2.04. The lowest BCUT2D eigenvalue weighted by atomic mass is 10.0. The second-order valence-electron chi connectivity index (χ2n) is 3.73. The molecule has 82 valence electrons. The first-order chi connectivity index (χ1) is 7.79. The van der Waals surface area contributed by atoms with Gasteiger partial charge in [0.1, 0.15) is 0 Å². The molecule has 0 aliphatic carbocycles. The van der Waals surface area contributed by atoms with Gasteiger partial charge >= 0.3 is 0 Å². The molecular formula is C14H14ClN. The van der Waals surface area contributed by atoms with Crippen LogP contribution >= 0.6 is 11.6 Å². The molecule has 0 saturated carbocycles. The minimum absolute atomic E-state index is 0.774. The zero-order chi connectivity index (χ0) is 11.4. The highest BCUT2D eigenvalue weighted by Crippen LogP contribution is 2.21. The fraction of sp³-hybridized carbons (Fsp3) is 0.143. The number of rotatable bonds is 3. The summed E-state index contributed by atoms with van der Waals surface area (Å²) in [5.74, 6) is 0. The third-order valence-corrected chi connectivity index (χ3v) is 2.76. The summed E-state index contributed by atoms with van der Waals surface area (Å²) >= 11 is 5.86. The van der Waals surface area contributed by atoms with Crippen LogP contribution in [0.15, 0.2) is 48.5 Å². The van der Waals surface area contributed by atoms with Crippen molar-refractivity contribution in [1.29, 1.82) is 0 Å². The smallest absolute Gasteiger partial charge is 0.0406 e. The molecule has 1 nitrogen and oxygen atoms in total. The van der Waals surface area contributed by atoms with Crippen molar-refractivity contribution in [1.82, 2.24) is 5.32 Å². The number of benzene rings is 2. The van der Waals surface area contributed by atoms with Crippen LogP contribution in [0.25, 0.3) is 11.1 Å². The van der Waals surface area contributed by atoms with Crippen molar-refractivity contribution >= 4 is 11.6 Å². The van der Waals surface area contributed by atoms with Crippen LogP contribution < -0.4 is 5.32 Å². The van der Waals surface area contributed by atoms with E-state index in [9.17, 15) is 0 Å². The number of hydrogen-bond donors (Lipinski definition) is 1. The zero-order valence-corrected chi connectivity index (χ0v) is 9.96. The van der Waals surface area contributed by atoms with Crippen molar-refractivity contribution in [2.45, 2.75) is 6.54 Å². The van der Waals surface area contributed by atoms with Gasteiger partial charge in [-0.2, -0.15) is 0 Å². The first-order valence-electron chi connectivity index (χ1n) is 5.29. The van der Waals surface area contributed by atoms with Crippen LogP contribution in [0.2, 0.25) is 5.02 Å². The standard InChI is InChI=1S/C14H14ClN/c1-16-10-11-2-4-12(5-3-11)13-6-8-14(15)9-7-13/h2-9,16H,10H2,1H3. The molecule has 0 amide bonds. The summed E-state index contributed by atoms with van der Waals surface area (Å²) in [5, 5.41) is 3.91. The maximum atomic E-state index is 5.86. The van der Waals surface area contributed by atoms with Crippen LogP contribution in [0.1, 0.15) is 5.56 Å². The van der Waals surface area contributed by atoms with Crippen molar-refractivity contribution in [3.8, 4) is 11.1 Å². The van der Waals surface area contributed by atoms with Crippen LogP contribution in [-0.2, 0) is 6.54 Å². The molecule has 0 spiro atoms. The Kier molecular flexibility index (Phi) is 3.60. The summed E-state index contributed by atoms with van der Waals surface area (Å²) in [6, 6.07) is 16.5. The number of nitrogens with one attached hydrogen (secondary N) is 1. The summed E-state index contributed by atoms with van der Waals surface area (Å²) in [6.45, 7) is 0.904. The van der Waals surface area contributed by atoms with E-state index in [0.29, 0.717) is 0 Å². The van der Waals surface area contributed by atoms with Crippen molar-refractivity contribution in [3.05, 3.63) is 59.1 Å². The van der Waals surface area contributed by atoms with E-state index in [1.165, 1.54) is 16.7 Å². The van der Waals surface area contributed by atoms with Crippen molar-refractivity contribution in [2.24, 2.45) is 0 Å². The fourth-order valence-electron chi connectivity index (χ4n) is 1.66. The van der Waals surface area contributed by atoms with Crippen LogP contribution in [0.3, 0.4) is 0 Å². The molecule has 0 fully saturated rings. The Morgan fingerprint density at radius 2 is 1.38 bits per heavy atom. The Balaban J connectivity index is 2.24. The number of halogens is 1. The summed E-state index contributed by atoms with van der Waals surface area (Å²) in [6.07, 6.45) is 0. The molecule has 0 atom stereocenters. The van der Waals surface area contributed by atoms with Gasteiger partial charge in [-0.1, -0.05) is 48.0 Å². The Hall–Kier alpha value is -1.31. The normalized spacial score (nSPS) is 10.4. The summed E-state index contributed by atoms with van der Waals surface area (Å²) in [4.78, 5) is 0. The van der Waals surface area contributed by atoms with Gasteiger partial charge in [0.25, 0.3) is 0 Å². The third-order valence-electron chi connectivity index (χ3n) is 2.51. The van der Waals surface area contributed by atoms with Gasteiger partial charge in [-0.15, -0.1) is 0 Å². The molecule has 0 aromatic heterocycles. The van der Waals surface area contributed by atoms with Gasteiger partial charge in [-0.05, 0) is 35.9 Å². The molecule has 2 aromatic carbocycles. The average molecular weight is 232 g/mol. The highest BCUT2D eigenvalue weighted by atomic mass is 35.5. The minimum Gasteiger partial charge on any atom is -0.316 e. The lowest BCUT2D eigenvalue weighted by molar-refractivity contribution is 0.818. The van der Waals surface area contributed by atoms with Crippen LogP contribution in [0.4, 0.5) is 0 Å². The van der Waals surface area contributed by atoms with Crippen molar-refractivity contribution in [3.63, 3.8) is 0 Å². The van der Waals surface area contributed by atoms with Gasteiger partial charge in [0.05, 0.1) is 0 Å². The van der Waals surface area contributed by atoms with Crippen LogP contribution in [0, 0.1) is 0 Å². The van der Waals surface area contributed by atoms with E-state index in [-0.39, 0.29) is 0 Å². The molecular weight excluding hydrogens is 218 g/mol. The molecule has 0 heterocycles. The molecule has 0 unspecified atom stereocenters. The molecule has 0 aliphatic rings. The summed E-state index contributed by atoms with van der Waals surface area (Å²) in [5.41, 5.74) is 3.71.